The van der Waals surface area contributed by atoms with Crippen LogP contribution in [0.5, 0.6) is 5.75 Å². The fraction of sp³-hybridized carbons (Fsp3) is 0.130. The summed E-state index contributed by atoms with van der Waals surface area (Å²) < 4.78 is 8.12. The number of para-hydroxylation sites is 1. The molecule has 2 heterocycles. The first kappa shape index (κ1) is 21.1. The molecule has 0 bridgehead atoms. The summed E-state index contributed by atoms with van der Waals surface area (Å²) in [6.45, 7) is -0.267. The van der Waals surface area contributed by atoms with Crippen molar-refractivity contribution in [2.75, 3.05) is 12.4 Å². The normalized spacial score (nSPS) is 10.6. The highest BCUT2D eigenvalue weighted by Gasteiger charge is 2.18. The number of carbonyl (C=O) groups is 1. The highest BCUT2D eigenvalue weighted by molar-refractivity contribution is 7.17. The number of nitrogens with one attached hydrogen (secondary N) is 1. The first-order valence-electron chi connectivity index (χ1n) is 9.64. The molecule has 2 aromatic heterocycles. The number of aromatic nitrogens is 2. The molecule has 32 heavy (non-hydrogen) atoms. The maximum absolute atomic E-state index is 13.3. The Kier molecular flexibility index (Phi) is 5.87. The van der Waals surface area contributed by atoms with Crippen molar-refractivity contribution < 1.29 is 9.53 Å². The number of amides is 1. The number of hydrogen-bond donors (Lipinski definition) is 1. The van der Waals surface area contributed by atoms with Crippen LogP contribution in [0.3, 0.4) is 0 Å². The van der Waals surface area contributed by atoms with Gasteiger partial charge in [0, 0.05) is 11.3 Å². The minimum atomic E-state index is -0.590. The lowest BCUT2D eigenvalue weighted by Crippen LogP contribution is -2.41. The molecule has 0 atom stereocenters. The molecule has 1 N–H and O–H groups in total. The maximum atomic E-state index is 13.3. The van der Waals surface area contributed by atoms with Gasteiger partial charge < -0.3 is 10.1 Å². The van der Waals surface area contributed by atoms with Crippen LogP contribution in [-0.4, -0.2) is 22.2 Å². The molecule has 0 spiro atoms. The van der Waals surface area contributed by atoms with Crippen molar-refractivity contribution in [2.45, 2.75) is 13.1 Å². The molecule has 0 saturated heterocycles. The summed E-state index contributed by atoms with van der Waals surface area (Å²) in [6.07, 6.45) is 0. The summed E-state index contributed by atoms with van der Waals surface area (Å²) in [5, 5.41) is 13.4. The van der Waals surface area contributed by atoms with Crippen LogP contribution in [0.25, 0.3) is 10.2 Å². The van der Waals surface area contributed by atoms with Gasteiger partial charge in [-0.1, -0.05) is 24.3 Å². The Labute approximate surface area is 186 Å². The van der Waals surface area contributed by atoms with Gasteiger partial charge in [-0.2, -0.15) is 5.26 Å². The molecule has 8 nitrogen and oxygen atoms in total. The number of rotatable bonds is 6. The van der Waals surface area contributed by atoms with Crippen molar-refractivity contribution >= 4 is 33.1 Å². The third-order valence-electron chi connectivity index (χ3n) is 4.93. The van der Waals surface area contributed by atoms with Crippen molar-refractivity contribution in [3.8, 4) is 11.8 Å². The molecule has 0 aliphatic heterocycles. The van der Waals surface area contributed by atoms with E-state index in [0.717, 1.165) is 4.57 Å². The van der Waals surface area contributed by atoms with Gasteiger partial charge in [-0.05, 0) is 35.7 Å². The zero-order valence-corrected chi connectivity index (χ0v) is 17.9. The summed E-state index contributed by atoms with van der Waals surface area (Å²) in [6, 6.07) is 17.3. The zero-order chi connectivity index (χ0) is 22.7. The molecule has 1 amide bonds. The molecule has 4 aromatic rings. The smallest absolute Gasteiger partial charge is 0.332 e. The van der Waals surface area contributed by atoms with Gasteiger partial charge in [0.15, 0.2) is 0 Å². The molecule has 4 rings (SSSR count). The first-order valence-corrected chi connectivity index (χ1v) is 10.5. The van der Waals surface area contributed by atoms with Crippen LogP contribution >= 0.6 is 11.3 Å². The number of anilines is 1. The molecular weight excluding hydrogens is 428 g/mol. The van der Waals surface area contributed by atoms with Crippen molar-refractivity contribution in [3.05, 3.63) is 91.9 Å². The van der Waals surface area contributed by atoms with Crippen LogP contribution < -0.4 is 21.3 Å². The molecule has 9 heteroatoms. The van der Waals surface area contributed by atoms with E-state index < -0.39 is 17.2 Å². The quantitative estimate of drug-likeness (QED) is 0.490. The van der Waals surface area contributed by atoms with Gasteiger partial charge in [0.25, 0.3) is 5.56 Å². The van der Waals surface area contributed by atoms with Gasteiger partial charge >= 0.3 is 5.69 Å². The number of benzene rings is 2. The monoisotopic (exact) mass is 446 g/mol. The van der Waals surface area contributed by atoms with Crippen LogP contribution in [0, 0.1) is 11.3 Å². The van der Waals surface area contributed by atoms with Crippen LogP contribution in [0.15, 0.2) is 69.6 Å². The predicted octanol–water partition coefficient (Wildman–Crippen LogP) is 2.79. The Morgan fingerprint density at radius 3 is 2.72 bits per heavy atom. The topological polar surface area (TPSA) is 106 Å². The zero-order valence-electron chi connectivity index (χ0n) is 17.1. The van der Waals surface area contributed by atoms with E-state index in [0.29, 0.717) is 32.8 Å². The number of carbonyl (C=O) groups excluding carboxylic acids is 1. The lowest BCUT2D eigenvalue weighted by Gasteiger charge is -2.14. The van der Waals surface area contributed by atoms with Gasteiger partial charge in [0.05, 0.1) is 30.8 Å². The molecule has 0 aliphatic rings. The summed E-state index contributed by atoms with van der Waals surface area (Å²) in [7, 11) is 1.52. The molecule has 0 aliphatic carbocycles. The van der Waals surface area contributed by atoms with Crippen molar-refractivity contribution in [2.24, 2.45) is 0 Å². The highest BCUT2D eigenvalue weighted by Crippen LogP contribution is 2.19. The van der Waals surface area contributed by atoms with Crippen molar-refractivity contribution in [3.63, 3.8) is 0 Å². The second-order valence-electron chi connectivity index (χ2n) is 6.95. The Balaban J connectivity index is 1.72. The molecule has 0 unspecified atom stereocenters. The van der Waals surface area contributed by atoms with Gasteiger partial charge in [0.2, 0.25) is 5.91 Å². The summed E-state index contributed by atoms with van der Waals surface area (Å²) in [4.78, 5) is 39.0. The van der Waals surface area contributed by atoms with Crippen LogP contribution in [0.1, 0.15) is 11.1 Å². The Hall–Kier alpha value is -4.16. The minimum Gasteiger partial charge on any atom is -0.496 e. The minimum absolute atomic E-state index is 0.0152. The predicted molar refractivity (Wildman–Crippen MR) is 122 cm³/mol. The fourth-order valence-electron chi connectivity index (χ4n) is 3.44. The molecule has 0 saturated carbocycles. The van der Waals surface area contributed by atoms with Gasteiger partial charge in [-0.25, -0.2) is 4.79 Å². The third kappa shape index (κ3) is 4.04. The van der Waals surface area contributed by atoms with E-state index in [1.165, 1.54) is 23.0 Å². The third-order valence-corrected chi connectivity index (χ3v) is 5.83. The SMILES string of the molecule is COc1ccccc1Cn1c(=O)c2sccc2n(CC(=O)Nc2cccc(C#N)c2)c1=O. The standard InChI is InChI=1S/C23H18N4O4S/c1-31-19-8-3-2-6-16(19)13-27-22(29)21-18(9-10-32-21)26(23(27)30)14-20(28)25-17-7-4-5-15(11-17)12-24/h2-11H,13-14H2,1H3,(H,25,28). The number of hydrogen-bond acceptors (Lipinski definition) is 6. The largest absolute Gasteiger partial charge is 0.496 e. The average molecular weight is 446 g/mol. The second-order valence-corrected chi connectivity index (χ2v) is 7.86. The van der Waals surface area contributed by atoms with E-state index in [-0.39, 0.29) is 13.1 Å². The fourth-order valence-corrected chi connectivity index (χ4v) is 4.28. The van der Waals surface area contributed by atoms with E-state index in [1.54, 1.807) is 60.0 Å². The van der Waals surface area contributed by atoms with E-state index in [9.17, 15) is 14.4 Å². The molecule has 2 aromatic carbocycles. The molecule has 0 radical (unpaired) electrons. The maximum Gasteiger partial charge on any atom is 0.332 e. The number of nitrogens with zero attached hydrogens (tertiary/aromatic N) is 3. The average Bonchev–Trinajstić information content (AvgIpc) is 3.30. The number of ether oxygens (including phenoxy) is 1. The van der Waals surface area contributed by atoms with Crippen molar-refractivity contribution in [1.82, 2.24) is 9.13 Å². The summed E-state index contributed by atoms with van der Waals surface area (Å²) >= 11 is 1.22. The van der Waals surface area contributed by atoms with Crippen LogP contribution in [0.2, 0.25) is 0 Å². The van der Waals surface area contributed by atoms with E-state index in [4.69, 9.17) is 10.00 Å². The van der Waals surface area contributed by atoms with Crippen LogP contribution in [-0.2, 0) is 17.9 Å². The lowest BCUT2D eigenvalue weighted by molar-refractivity contribution is -0.116. The Bertz CT molecular complexity index is 1480. The van der Waals surface area contributed by atoms with Gasteiger partial charge in [-0.3, -0.25) is 18.7 Å². The van der Waals surface area contributed by atoms with Gasteiger partial charge in [0.1, 0.15) is 17.0 Å². The highest BCUT2D eigenvalue weighted by atomic mass is 32.1. The van der Waals surface area contributed by atoms with E-state index >= 15 is 0 Å². The summed E-state index contributed by atoms with van der Waals surface area (Å²) in [5.74, 6) is 0.115. The Morgan fingerprint density at radius 2 is 1.94 bits per heavy atom. The lowest BCUT2D eigenvalue weighted by atomic mass is 10.2. The molecular formula is C23H18N4O4S. The Morgan fingerprint density at radius 1 is 1.12 bits per heavy atom. The van der Waals surface area contributed by atoms with E-state index in [2.05, 4.69) is 5.32 Å². The number of fused-ring (bicyclic) bond motifs is 1. The molecule has 160 valence electrons. The van der Waals surface area contributed by atoms with Gasteiger partial charge in [-0.15, -0.1) is 11.3 Å². The first-order chi connectivity index (χ1) is 15.5. The van der Waals surface area contributed by atoms with E-state index in [1.807, 2.05) is 6.07 Å². The number of methoxy groups -OCH3 is 1. The van der Waals surface area contributed by atoms with Crippen LogP contribution in [0.4, 0.5) is 5.69 Å². The number of nitriles is 1. The second kappa shape index (κ2) is 8.91. The number of thiophene rings is 1. The van der Waals surface area contributed by atoms with Crippen molar-refractivity contribution in [1.29, 1.82) is 5.26 Å². The molecule has 0 fully saturated rings. The summed E-state index contributed by atoms with van der Waals surface area (Å²) in [5.41, 5.74) is 0.935.